The molecule has 5 heteroatoms. The fourth-order valence-corrected chi connectivity index (χ4v) is 4.35. The molecule has 0 aliphatic carbocycles. The van der Waals surface area contributed by atoms with Crippen LogP contribution in [0.25, 0.3) is 28.6 Å². The molecule has 0 bridgehead atoms. The predicted molar refractivity (Wildman–Crippen MR) is 135 cm³/mol. The van der Waals surface area contributed by atoms with Crippen molar-refractivity contribution in [2.75, 3.05) is 0 Å². The van der Waals surface area contributed by atoms with Crippen LogP contribution < -0.4 is 0 Å². The lowest BCUT2D eigenvalue weighted by atomic mass is 10.0. The summed E-state index contributed by atoms with van der Waals surface area (Å²) in [4.78, 5) is 6.54. The van der Waals surface area contributed by atoms with Crippen molar-refractivity contribution in [3.63, 3.8) is 0 Å². The first kappa shape index (κ1) is 22.2. The van der Waals surface area contributed by atoms with Gasteiger partial charge in [0.1, 0.15) is 11.4 Å². The van der Waals surface area contributed by atoms with Gasteiger partial charge in [-0.2, -0.15) is 15.0 Å². The van der Waals surface area contributed by atoms with Crippen molar-refractivity contribution < 1.29 is 0 Å². The number of allylic oxidation sites excluding steroid dienone is 1. The first-order chi connectivity index (χ1) is 15.5. The lowest BCUT2D eigenvalue weighted by Crippen LogP contribution is -2.04. The lowest BCUT2D eigenvalue weighted by Gasteiger charge is -2.03. The summed E-state index contributed by atoms with van der Waals surface area (Å²) < 4.78 is 0. The normalized spacial score (nSPS) is 11.8. The zero-order valence-corrected chi connectivity index (χ0v) is 20.0. The van der Waals surface area contributed by atoms with Gasteiger partial charge < -0.3 is 0 Å². The van der Waals surface area contributed by atoms with Gasteiger partial charge in [-0.1, -0.05) is 74.5 Å². The van der Waals surface area contributed by atoms with Crippen molar-refractivity contribution >= 4 is 17.4 Å². The SMILES string of the molecule is CC(C)c1nc(CCC=Cc2cccc(-c3nn(C(C)C)nc3-c3ccccc3)c2)cs1. The van der Waals surface area contributed by atoms with E-state index in [9.17, 15) is 0 Å². The second-order valence-electron chi connectivity index (χ2n) is 8.58. The van der Waals surface area contributed by atoms with Crippen LogP contribution in [0.5, 0.6) is 0 Å². The molecule has 0 saturated heterocycles. The Hall–Kier alpha value is -3.05. The molecule has 32 heavy (non-hydrogen) atoms. The molecule has 0 amide bonds. The minimum Gasteiger partial charge on any atom is -0.246 e. The maximum Gasteiger partial charge on any atom is 0.121 e. The van der Waals surface area contributed by atoms with E-state index in [2.05, 4.69) is 81.6 Å². The zero-order valence-electron chi connectivity index (χ0n) is 19.2. The van der Waals surface area contributed by atoms with Gasteiger partial charge in [0.05, 0.1) is 16.7 Å². The summed E-state index contributed by atoms with van der Waals surface area (Å²) in [6, 6.07) is 19.0. The number of aromatic nitrogens is 4. The highest BCUT2D eigenvalue weighted by Gasteiger charge is 2.16. The molecule has 0 spiro atoms. The van der Waals surface area contributed by atoms with Crippen molar-refractivity contribution in [1.29, 1.82) is 0 Å². The van der Waals surface area contributed by atoms with Gasteiger partial charge in [-0.15, -0.1) is 11.3 Å². The Morgan fingerprint density at radius 1 is 0.906 bits per heavy atom. The van der Waals surface area contributed by atoms with Gasteiger partial charge in [0.15, 0.2) is 0 Å². The number of thiazole rings is 1. The van der Waals surface area contributed by atoms with Crippen molar-refractivity contribution in [2.24, 2.45) is 0 Å². The molecule has 2 heterocycles. The second kappa shape index (κ2) is 10.0. The van der Waals surface area contributed by atoms with Crippen LogP contribution in [0, 0.1) is 0 Å². The van der Waals surface area contributed by atoms with Crippen molar-refractivity contribution in [1.82, 2.24) is 20.0 Å². The van der Waals surface area contributed by atoms with Gasteiger partial charge in [-0.05, 0) is 38.3 Å². The van der Waals surface area contributed by atoms with E-state index in [1.807, 2.05) is 18.2 Å². The Bertz CT molecular complexity index is 1190. The van der Waals surface area contributed by atoms with Crippen molar-refractivity contribution in [2.45, 2.75) is 52.5 Å². The molecule has 0 saturated carbocycles. The minimum absolute atomic E-state index is 0.205. The average molecular weight is 443 g/mol. The number of benzene rings is 2. The van der Waals surface area contributed by atoms with Crippen LogP contribution in [0.2, 0.25) is 0 Å². The standard InChI is InChI=1S/C27H30N4S/c1-19(2)27-28-24(18-32-27)16-9-8-11-21-12-10-15-23(17-21)26-25(22-13-6-5-7-14-22)29-31(30-26)20(3)4/h5-8,10-15,17-20H,9,16H2,1-4H3. The van der Waals surface area contributed by atoms with Crippen LogP contribution in [-0.4, -0.2) is 20.0 Å². The second-order valence-corrected chi connectivity index (χ2v) is 9.47. The van der Waals surface area contributed by atoms with Crippen LogP contribution in [0.4, 0.5) is 0 Å². The molecule has 2 aromatic carbocycles. The third-order valence-corrected chi connectivity index (χ3v) is 6.43. The zero-order chi connectivity index (χ0) is 22.5. The van der Waals surface area contributed by atoms with Crippen molar-refractivity contribution in [3.05, 3.63) is 82.3 Å². The lowest BCUT2D eigenvalue weighted by molar-refractivity contribution is 0.468. The van der Waals surface area contributed by atoms with Gasteiger partial charge in [0, 0.05) is 22.4 Å². The summed E-state index contributed by atoms with van der Waals surface area (Å²) in [6.45, 7) is 8.59. The van der Waals surface area contributed by atoms with Gasteiger partial charge >= 0.3 is 0 Å². The van der Waals surface area contributed by atoms with Crippen LogP contribution in [0.15, 0.2) is 66.1 Å². The fourth-order valence-electron chi connectivity index (χ4n) is 3.48. The number of hydrogen-bond acceptors (Lipinski definition) is 4. The molecule has 4 nitrogen and oxygen atoms in total. The first-order valence-electron chi connectivity index (χ1n) is 11.2. The number of rotatable bonds is 8. The number of hydrogen-bond donors (Lipinski definition) is 0. The highest BCUT2D eigenvalue weighted by atomic mass is 32.1. The molecule has 2 aromatic heterocycles. The molecule has 0 radical (unpaired) electrons. The maximum absolute atomic E-state index is 4.82. The van der Waals surface area contributed by atoms with Crippen molar-refractivity contribution in [3.8, 4) is 22.5 Å². The largest absolute Gasteiger partial charge is 0.246 e. The van der Waals surface area contributed by atoms with Crippen LogP contribution in [-0.2, 0) is 6.42 Å². The van der Waals surface area contributed by atoms with E-state index in [0.717, 1.165) is 35.4 Å². The molecule has 0 aliphatic heterocycles. The molecular weight excluding hydrogens is 412 g/mol. The van der Waals surface area contributed by atoms with Gasteiger partial charge in [0.25, 0.3) is 0 Å². The highest BCUT2D eigenvalue weighted by molar-refractivity contribution is 7.09. The van der Waals surface area contributed by atoms with Crippen LogP contribution in [0.1, 0.15) is 62.3 Å². The molecule has 0 unspecified atom stereocenters. The predicted octanol–water partition coefficient (Wildman–Crippen LogP) is 7.42. The summed E-state index contributed by atoms with van der Waals surface area (Å²) in [5, 5.41) is 13.0. The maximum atomic E-state index is 4.82. The average Bonchev–Trinajstić information content (AvgIpc) is 3.45. The Labute approximate surface area is 194 Å². The van der Waals surface area contributed by atoms with Gasteiger partial charge in [-0.3, -0.25) is 0 Å². The fraction of sp³-hybridized carbons (Fsp3) is 0.296. The third kappa shape index (κ3) is 5.22. The molecular formula is C27H30N4S. The Morgan fingerprint density at radius 2 is 1.62 bits per heavy atom. The summed E-state index contributed by atoms with van der Waals surface area (Å²) in [6.07, 6.45) is 6.37. The minimum atomic E-state index is 0.205. The number of nitrogens with zero attached hydrogens (tertiary/aromatic N) is 4. The smallest absolute Gasteiger partial charge is 0.121 e. The molecule has 4 aromatic rings. The van der Waals surface area contributed by atoms with Crippen LogP contribution in [0.3, 0.4) is 0 Å². The molecule has 164 valence electrons. The van der Waals surface area contributed by atoms with Gasteiger partial charge in [-0.25, -0.2) is 4.98 Å². The highest BCUT2D eigenvalue weighted by Crippen LogP contribution is 2.30. The number of aryl methyl sites for hydroxylation is 1. The van der Waals surface area contributed by atoms with E-state index < -0.39 is 0 Å². The molecule has 0 atom stereocenters. The van der Waals surface area contributed by atoms with E-state index in [1.165, 1.54) is 16.3 Å². The summed E-state index contributed by atoms with van der Waals surface area (Å²) >= 11 is 1.76. The van der Waals surface area contributed by atoms with Crippen LogP contribution >= 0.6 is 11.3 Å². The molecule has 4 rings (SSSR count). The van der Waals surface area contributed by atoms with E-state index in [-0.39, 0.29) is 6.04 Å². The Balaban J connectivity index is 1.53. The van der Waals surface area contributed by atoms with Gasteiger partial charge in [0.2, 0.25) is 0 Å². The third-order valence-electron chi connectivity index (χ3n) is 5.24. The van der Waals surface area contributed by atoms with E-state index >= 15 is 0 Å². The molecule has 0 N–H and O–H groups in total. The Morgan fingerprint density at radius 3 is 2.31 bits per heavy atom. The first-order valence-corrected chi connectivity index (χ1v) is 12.1. The quantitative estimate of drug-likeness (QED) is 0.285. The summed E-state index contributed by atoms with van der Waals surface area (Å²) in [5.74, 6) is 0.501. The topological polar surface area (TPSA) is 43.6 Å². The molecule has 0 aliphatic rings. The summed E-state index contributed by atoms with van der Waals surface area (Å²) in [7, 11) is 0. The Kier molecular flexibility index (Phi) is 6.96. The van der Waals surface area contributed by atoms with E-state index in [1.54, 1.807) is 16.1 Å². The monoisotopic (exact) mass is 442 g/mol. The molecule has 0 fully saturated rings. The van der Waals surface area contributed by atoms with E-state index in [0.29, 0.717) is 5.92 Å². The van der Waals surface area contributed by atoms with E-state index in [4.69, 9.17) is 15.2 Å². The summed E-state index contributed by atoms with van der Waals surface area (Å²) in [5.41, 5.74) is 6.36.